The highest BCUT2D eigenvalue weighted by Gasteiger charge is 2.39. The van der Waals surface area contributed by atoms with Gasteiger partial charge < -0.3 is 10.1 Å². The van der Waals surface area contributed by atoms with Crippen molar-refractivity contribution in [2.24, 2.45) is 0 Å². The summed E-state index contributed by atoms with van der Waals surface area (Å²) in [6.45, 7) is 0.179. The first kappa shape index (κ1) is 20.5. The van der Waals surface area contributed by atoms with Crippen molar-refractivity contribution in [2.45, 2.75) is 6.54 Å². The molecule has 0 atom stereocenters. The fourth-order valence-corrected chi connectivity index (χ4v) is 4.09. The molecule has 2 amide bonds. The highest BCUT2D eigenvalue weighted by atomic mass is 16.5. The Bertz CT molecular complexity index is 1370. The van der Waals surface area contributed by atoms with Crippen LogP contribution in [0.5, 0.6) is 5.75 Å². The van der Waals surface area contributed by atoms with E-state index in [-0.39, 0.29) is 24.1 Å². The second-order valence-corrected chi connectivity index (χ2v) is 7.81. The van der Waals surface area contributed by atoms with Gasteiger partial charge in [-0.25, -0.2) is 0 Å². The fraction of sp³-hybridized carbons (Fsp3) is 0.0714. The molecule has 0 aliphatic carbocycles. The molecule has 1 aliphatic rings. The maximum Gasteiger partial charge on any atom is 0.278 e. The van der Waals surface area contributed by atoms with Crippen LogP contribution in [-0.2, 0) is 16.1 Å². The topological polar surface area (TPSA) is 58.6 Å². The van der Waals surface area contributed by atoms with Crippen LogP contribution in [0.2, 0.25) is 0 Å². The second-order valence-electron chi connectivity index (χ2n) is 7.81. The van der Waals surface area contributed by atoms with Crippen molar-refractivity contribution < 1.29 is 14.3 Å². The number of anilines is 1. The minimum Gasteiger partial charge on any atom is -0.497 e. The Hall–Kier alpha value is -4.38. The van der Waals surface area contributed by atoms with E-state index in [4.69, 9.17) is 4.74 Å². The van der Waals surface area contributed by atoms with E-state index in [9.17, 15) is 9.59 Å². The van der Waals surface area contributed by atoms with Gasteiger partial charge in [-0.3, -0.25) is 14.5 Å². The number of amides is 2. The summed E-state index contributed by atoms with van der Waals surface area (Å²) in [5, 5.41) is 5.33. The number of nitrogens with one attached hydrogen (secondary N) is 1. The van der Waals surface area contributed by atoms with Gasteiger partial charge in [-0.15, -0.1) is 0 Å². The zero-order valence-corrected chi connectivity index (χ0v) is 18.1. The van der Waals surface area contributed by atoms with E-state index in [2.05, 4.69) is 5.32 Å². The molecule has 5 nitrogen and oxygen atoms in total. The van der Waals surface area contributed by atoms with Gasteiger partial charge in [0.2, 0.25) is 0 Å². The Kier molecular flexibility index (Phi) is 5.37. The Morgan fingerprint density at radius 2 is 1.45 bits per heavy atom. The Labute approximate surface area is 191 Å². The fourth-order valence-electron chi connectivity index (χ4n) is 4.09. The molecule has 0 saturated heterocycles. The molecule has 0 aromatic heterocycles. The van der Waals surface area contributed by atoms with Crippen molar-refractivity contribution in [3.63, 3.8) is 0 Å². The van der Waals surface area contributed by atoms with Crippen molar-refractivity contribution in [3.05, 3.63) is 114 Å². The third-order valence-electron chi connectivity index (χ3n) is 5.78. The Balaban J connectivity index is 1.55. The summed E-state index contributed by atoms with van der Waals surface area (Å²) >= 11 is 0. The van der Waals surface area contributed by atoms with E-state index < -0.39 is 0 Å². The van der Waals surface area contributed by atoms with Gasteiger partial charge in [-0.1, -0.05) is 78.9 Å². The quantitative estimate of drug-likeness (QED) is 0.422. The molecule has 0 radical (unpaired) electrons. The number of hydrogen-bond acceptors (Lipinski definition) is 4. The summed E-state index contributed by atoms with van der Waals surface area (Å²) in [5.41, 5.74) is 2.99. The first-order valence-corrected chi connectivity index (χ1v) is 10.7. The number of imide groups is 1. The summed E-state index contributed by atoms with van der Waals surface area (Å²) in [6.07, 6.45) is 0. The van der Waals surface area contributed by atoms with Crippen LogP contribution < -0.4 is 10.1 Å². The number of carbonyl (C=O) groups excluding carboxylic acids is 2. The number of carbonyl (C=O) groups is 2. The van der Waals surface area contributed by atoms with Crippen LogP contribution in [0.15, 0.2) is 103 Å². The number of benzene rings is 4. The van der Waals surface area contributed by atoms with E-state index in [1.165, 1.54) is 4.90 Å². The average molecular weight is 434 g/mol. The zero-order chi connectivity index (χ0) is 22.8. The van der Waals surface area contributed by atoms with Crippen molar-refractivity contribution >= 4 is 33.8 Å². The van der Waals surface area contributed by atoms with Gasteiger partial charge in [0, 0.05) is 11.1 Å². The molecule has 0 saturated carbocycles. The lowest BCUT2D eigenvalue weighted by Crippen LogP contribution is -2.32. The number of methoxy groups -OCH3 is 1. The molecule has 4 aromatic rings. The molecule has 1 heterocycles. The van der Waals surface area contributed by atoms with Crippen LogP contribution in [0.3, 0.4) is 0 Å². The molecule has 0 unspecified atom stereocenters. The third kappa shape index (κ3) is 3.85. The minimum atomic E-state index is -0.345. The van der Waals surface area contributed by atoms with E-state index >= 15 is 0 Å². The molecule has 0 bridgehead atoms. The molecule has 33 heavy (non-hydrogen) atoms. The SMILES string of the molecule is COc1ccc(CN2C(=O)C(Nc3cccc4ccccc34)=C(c3ccccc3)C2=O)cc1. The standard InChI is InChI=1S/C28H22N2O3/c1-33-22-16-14-19(15-17-22)18-30-27(31)25(21-9-3-2-4-10-21)26(28(30)32)29-24-13-7-11-20-8-5-6-12-23(20)24/h2-17,29H,18H2,1H3. The number of rotatable bonds is 6. The first-order valence-electron chi connectivity index (χ1n) is 10.7. The molecule has 5 rings (SSSR count). The summed E-state index contributed by atoms with van der Waals surface area (Å²) < 4.78 is 5.21. The van der Waals surface area contributed by atoms with E-state index in [1.807, 2.05) is 97.1 Å². The van der Waals surface area contributed by atoms with Crippen LogP contribution in [0.1, 0.15) is 11.1 Å². The van der Waals surface area contributed by atoms with Crippen LogP contribution in [-0.4, -0.2) is 23.8 Å². The van der Waals surface area contributed by atoms with Gasteiger partial charge >= 0.3 is 0 Å². The monoisotopic (exact) mass is 434 g/mol. The van der Waals surface area contributed by atoms with Crippen molar-refractivity contribution in [3.8, 4) is 5.75 Å². The molecule has 162 valence electrons. The largest absolute Gasteiger partial charge is 0.497 e. The lowest BCUT2D eigenvalue weighted by molar-refractivity contribution is -0.137. The summed E-state index contributed by atoms with van der Waals surface area (Å²) in [5.74, 6) is 0.0617. The lowest BCUT2D eigenvalue weighted by Gasteiger charge is -2.16. The van der Waals surface area contributed by atoms with Gasteiger partial charge in [0.25, 0.3) is 11.8 Å². The molecule has 1 N–H and O–H groups in total. The minimum absolute atomic E-state index is 0.179. The van der Waals surface area contributed by atoms with E-state index in [0.717, 1.165) is 27.8 Å². The average Bonchev–Trinajstić information content (AvgIpc) is 3.09. The highest BCUT2D eigenvalue weighted by molar-refractivity contribution is 6.36. The van der Waals surface area contributed by atoms with Crippen LogP contribution in [0.4, 0.5) is 5.69 Å². The van der Waals surface area contributed by atoms with Crippen molar-refractivity contribution in [2.75, 3.05) is 12.4 Å². The first-order chi connectivity index (χ1) is 16.2. The Morgan fingerprint density at radius 3 is 2.21 bits per heavy atom. The van der Waals surface area contributed by atoms with E-state index in [0.29, 0.717) is 11.1 Å². The molecule has 0 spiro atoms. The van der Waals surface area contributed by atoms with Gasteiger partial charge in [-0.05, 0) is 34.7 Å². The predicted molar refractivity (Wildman–Crippen MR) is 129 cm³/mol. The van der Waals surface area contributed by atoms with Crippen LogP contribution >= 0.6 is 0 Å². The smallest absolute Gasteiger partial charge is 0.278 e. The zero-order valence-electron chi connectivity index (χ0n) is 18.1. The molecule has 5 heteroatoms. The van der Waals surface area contributed by atoms with Crippen LogP contribution in [0, 0.1) is 0 Å². The number of ether oxygens (including phenoxy) is 1. The molecular weight excluding hydrogens is 412 g/mol. The maximum atomic E-state index is 13.5. The summed E-state index contributed by atoms with van der Waals surface area (Å²) in [6, 6.07) is 30.5. The van der Waals surface area contributed by atoms with Gasteiger partial charge in [0.15, 0.2) is 0 Å². The highest BCUT2D eigenvalue weighted by Crippen LogP contribution is 2.33. The lowest BCUT2D eigenvalue weighted by atomic mass is 10.0. The number of fused-ring (bicyclic) bond motifs is 1. The molecule has 4 aromatic carbocycles. The van der Waals surface area contributed by atoms with Crippen LogP contribution in [0.25, 0.3) is 16.3 Å². The summed E-state index contributed by atoms with van der Waals surface area (Å²) in [7, 11) is 1.60. The van der Waals surface area contributed by atoms with Gasteiger partial charge in [0.1, 0.15) is 11.4 Å². The Morgan fingerprint density at radius 1 is 0.758 bits per heavy atom. The normalized spacial score (nSPS) is 13.7. The number of hydrogen-bond donors (Lipinski definition) is 1. The maximum absolute atomic E-state index is 13.5. The van der Waals surface area contributed by atoms with E-state index in [1.54, 1.807) is 7.11 Å². The van der Waals surface area contributed by atoms with Gasteiger partial charge in [0.05, 0.1) is 19.2 Å². The second kappa shape index (κ2) is 8.63. The summed E-state index contributed by atoms with van der Waals surface area (Å²) in [4.78, 5) is 28.3. The van der Waals surface area contributed by atoms with Gasteiger partial charge in [-0.2, -0.15) is 0 Å². The molecule has 1 aliphatic heterocycles. The number of nitrogens with zero attached hydrogens (tertiary/aromatic N) is 1. The molecular formula is C28H22N2O3. The third-order valence-corrected chi connectivity index (χ3v) is 5.78. The van der Waals surface area contributed by atoms with Crippen molar-refractivity contribution in [1.82, 2.24) is 4.90 Å². The predicted octanol–water partition coefficient (Wildman–Crippen LogP) is 5.24. The van der Waals surface area contributed by atoms with Crippen molar-refractivity contribution in [1.29, 1.82) is 0 Å². The molecule has 0 fully saturated rings.